The molecule has 0 spiro atoms. The minimum absolute atomic E-state index is 0.107. The first-order valence-electron chi connectivity index (χ1n) is 4.75. The first-order chi connectivity index (χ1) is 7.18. The van der Waals surface area contributed by atoms with Gasteiger partial charge in [-0.25, -0.2) is 4.98 Å². The monoisotopic (exact) mass is 219 g/mol. The minimum atomic E-state index is -0.107. The second kappa shape index (κ2) is 4.08. The van der Waals surface area contributed by atoms with E-state index in [4.69, 9.17) is 5.73 Å². The lowest BCUT2D eigenvalue weighted by atomic mass is 10.1. The lowest BCUT2D eigenvalue weighted by molar-refractivity contribution is 0.866. The van der Waals surface area contributed by atoms with Crippen LogP contribution in [0.1, 0.15) is 27.7 Å². The van der Waals surface area contributed by atoms with Crippen molar-refractivity contribution in [2.45, 2.75) is 19.9 Å². The van der Waals surface area contributed by atoms with Gasteiger partial charge in [0.15, 0.2) is 0 Å². The molecule has 0 amide bonds. The molecule has 3 nitrogen and oxygen atoms in total. The van der Waals surface area contributed by atoms with Crippen molar-refractivity contribution in [2.75, 3.05) is 0 Å². The third-order valence-electron chi connectivity index (χ3n) is 2.32. The molecular weight excluding hydrogens is 206 g/mol. The van der Waals surface area contributed by atoms with E-state index in [-0.39, 0.29) is 6.04 Å². The highest BCUT2D eigenvalue weighted by molar-refractivity contribution is 7.09. The summed E-state index contributed by atoms with van der Waals surface area (Å²) in [5.41, 5.74) is 11.2. The Bertz CT molecular complexity index is 464. The normalized spacial score (nSPS) is 12.7. The number of pyridine rings is 1. The Kier molecular flexibility index (Phi) is 2.79. The van der Waals surface area contributed by atoms with Gasteiger partial charge in [-0.3, -0.25) is 4.98 Å². The van der Waals surface area contributed by atoms with Crippen LogP contribution in [0.4, 0.5) is 0 Å². The third kappa shape index (κ3) is 2.06. The van der Waals surface area contributed by atoms with Gasteiger partial charge in [0, 0.05) is 17.3 Å². The van der Waals surface area contributed by atoms with E-state index >= 15 is 0 Å². The Hall–Kier alpha value is -1.26. The summed E-state index contributed by atoms with van der Waals surface area (Å²) >= 11 is 1.59. The molecule has 2 N–H and O–H groups in total. The van der Waals surface area contributed by atoms with Gasteiger partial charge in [0.2, 0.25) is 0 Å². The van der Waals surface area contributed by atoms with Gasteiger partial charge in [0.25, 0.3) is 0 Å². The van der Waals surface area contributed by atoms with Crippen molar-refractivity contribution in [3.63, 3.8) is 0 Å². The number of hydrogen-bond acceptors (Lipinski definition) is 4. The van der Waals surface area contributed by atoms with Crippen molar-refractivity contribution in [1.82, 2.24) is 9.97 Å². The largest absolute Gasteiger partial charge is 0.320 e. The van der Waals surface area contributed by atoms with Crippen LogP contribution in [0.5, 0.6) is 0 Å². The molecule has 1 atom stereocenters. The van der Waals surface area contributed by atoms with Crippen molar-refractivity contribution < 1.29 is 0 Å². The van der Waals surface area contributed by atoms with E-state index in [0.717, 1.165) is 21.7 Å². The number of thiazole rings is 1. The predicted molar refractivity (Wildman–Crippen MR) is 61.9 cm³/mol. The lowest BCUT2D eigenvalue weighted by Crippen LogP contribution is -2.12. The van der Waals surface area contributed by atoms with Gasteiger partial charge < -0.3 is 5.73 Å². The first-order valence-corrected chi connectivity index (χ1v) is 5.63. The molecule has 0 fully saturated rings. The van der Waals surface area contributed by atoms with Crippen LogP contribution in [0.3, 0.4) is 0 Å². The fourth-order valence-electron chi connectivity index (χ4n) is 1.51. The van der Waals surface area contributed by atoms with Gasteiger partial charge in [0.05, 0.1) is 17.2 Å². The summed E-state index contributed by atoms with van der Waals surface area (Å²) in [7, 11) is 0. The van der Waals surface area contributed by atoms with Crippen molar-refractivity contribution in [3.05, 3.63) is 45.7 Å². The summed E-state index contributed by atoms with van der Waals surface area (Å²) in [5, 5.41) is 0. The molecule has 0 aromatic carbocycles. The van der Waals surface area contributed by atoms with E-state index in [1.54, 1.807) is 11.3 Å². The zero-order valence-electron chi connectivity index (χ0n) is 8.77. The fourth-order valence-corrected chi connectivity index (χ4v) is 2.34. The van der Waals surface area contributed by atoms with E-state index in [0.29, 0.717) is 0 Å². The number of nitrogens with two attached hydrogens (primary N) is 1. The average molecular weight is 219 g/mol. The summed E-state index contributed by atoms with van der Waals surface area (Å²) < 4.78 is 0. The van der Waals surface area contributed by atoms with Crippen molar-refractivity contribution >= 4 is 11.3 Å². The number of rotatable bonds is 2. The summed E-state index contributed by atoms with van der Waals surface area (Å²) in [4.78, 5) is 9.47. The van der Waals surface area contributed by atoms with Crippen LogP contribution in [0, 0.1) is 13.8 Å². The topological polar surface area (TPSA) is 51.8 Å². The van der Waals surface area contributed by atoms with Gasteiger partial charge in [-0.2, -0.15) is 0 Å². The molecule has 78 valence electrons. The van der Waals surface area contributed by atoms with Crippen LogP contribution in [0.25, 0.3) is 0 Å². The highest BCUT2D eigenvalue weighted by atomic mass is 32.1. The van der Waals surface area contributed by atoms with Crippen LogP contribution in [-0.2, 0) is 0 Å². The molecule has 2 aromatic heterocycles. The van der Waals surface area contributed by atoms with Crippen LogP contribution < -0.4 is 5.73 Å². The maximum atomic E-state index is 6.16. The summed E-state index contributed by atoms with van der Waals surface area (Å²) in [6, 6.07) is 1.96. The maximum absolute atomic E-state index is 6.16. The van der Waals surface area contributed by atoms with Crippen molar-refractivity contribution in [3.8, 4) is 0 Å². The maximum Gasteiger partial charge on any atom is 0.0798 e. The second-order valence-corrected chi connectivity index (χ2v) is 4.46. The van der Waals surface area contributed by atoms with Gasteiger partial charge >= 0.3 is 0 Å². The minimum Gasteiger partial charge on any atom is -0.320 e. The van der Waals surface area contributed by atoms with Gasteiger partial charge in [-0.1, -0.05) is 6.07 Å². The summed E-state index contributed by atoms with van der Waals surface area (Å²) in [6.07, 6.45) is 3.65. The molecule has 15 heavy (non-hydrogen) atoms. The van der Waals surface area contributed by atoms with E-state index < -0.39 is 0 Å². The van der Waals surface area contributed by atoms with E-state index in [2.05, 4.69) is 16.0 Å². The molecule has 4 heteroatoms. The highest BCUT2D eigenvalue weighted by Gasteiger charge is 2.13. The van der Waals surface area contributed by atoms with Crippen LogP contribution in [0.15, 0.2) is 24.0 Å². The molecule has 2 heterocycles. The molecule has 2 rings (SSSR count). The molecular formula is C11H13N3S. The van der Waals surface area contributed by atoms with Gasteiger partial charge in [-0.05, 0) is 25.0 Å². The first kappa shape index (κ1) is 10.3. The quantitative estimate of drug-likeness (QED) is 0.842. The standard InChI is InChI=1S/C11H13N3S/c1-7-3-9(5-13-4-7)10(12)11-8(2)14-6-15-11/h3-6,10H,12H2,1-2H3. The Balaban J connectivity index is 2.36. The van der Waals surface area contributed by atoms with Crippen molar-refractivity contribution in [2.24, 2.45) is 5.73 Å². The molecule has 2 aromatic rings. The molecule has 0 saturated carbocycles. The number of nitrogens with zero attached hydrogens (tertiary/aromatic N) is 2. The summed E-state index contributed by atoms with van der Waals surface area (Å²) in [6.45, 7) is 4.00. The Morgan fingerprint density at radius 1 is 1.33 bits per heavy atom. The van der Waals surface area contributed by atoms with E-state index in [1.807, 2.05) is 31.8 Å². The van der Waals surface area contributed by atoms with Gasteiger partial charge in [0.1, 0.15) is 0 Å². The smallest absolute Gasteiger partial charge is 0.0798 e. The highest BCUT2D eigenvalue weighted by Crippen LogP contribution is 2.25. The predicted octanol–water partition coefficient (Wildman–Crippen LogP) is 2.20. The number of hydrogen-bond donors (Lipinski definition) is 1. The van der Waals surface area contributed by atoms with Crippen LogP contribution in [-0.4, -0.2) is 9.97 Å². The molecule has 1 unspecified atom stereocenters. The lowest BCUT2D eigenvalue weighted by Gasteiger charge is -2.10. The van der Waals surface area contributed by atoms with Crippen molar-refractivity contribution in [1.29, 1.82) is 0 Å². The molecule has 0 saturated heterocycles. The van der Waals surface area contributed by atoms with E-state index in [1.165, 1.54) is 0 Å². The zero-order chi connectivity index (χ0) is 10.8. The average Bonchev–Trinajstić information content (AvgIpc) is 2.63. The molecule has 0 bridgehead atoms. The number of aryl methyl sites for hydroxylation is 2. The van der Waals surface area contributed by atoms with Gasteiger partial charge in [-0.15, -0.1) is 11.3 Å². The molecule has 0 radical (unpaired) electrons. The SMILES string of the molecule is Cc1cncc(C(N)c2scnc2C)c1. The van der Waals surface area contributed by atoms with E-state index in [9.17, 15) is 0 Å². The Labute approximate surface area is 93.0 Å². The van der Waals surface area contributed by atoms with Crippen LogP contribution >= 0.6 is 11.3 Å². The molecule has 0 aliphatic heterocycles. The molecule has 0 aliphatic carbocycles. The molecule has 0 aliphatic rings. The van der Waals surface area contributed by atoms with Crippen LogP contribution in [0.2, 0.25) is 0 Å². The second-order valence-electron chi connectivity index (χ2n) is 3.58. The third-order valence-corrected chi connectivity index (χ3v) is 3.33. The number of aromatic nitrogens is 2. The fraction of sp³-hybridized carbons (Fsp3) is 0.273. The Morgan fingerprint density at radius 2 is 2.13 bits per heavy atom. The summed E-state index contributed by atoms with van der Waals surface area (Å²) in [5.74, 6) is 0. The Morgan fingerprint density at radius 3 is 2.73 bits per heavy atom. The zero-order valence-corrected chi connectivity index (χ0v) is 9.58.